The first-order chi connectivity index (χ1) is 10.7. The van der Waals surface area contributed by atoms with Gasteiger partial charge in [0.1, 0.15) is 5.75 Å². The molecular weight excluding hydrogens is 313 g/mol. The lowest BCUT2D eigenvalue weighted by Gasteiger charge is -2.19. The molecule has 0 heterocycles. The number of rotatable bonds is 7. The standard InChI is InChI=1S/C15H21F3N2O3/c1-10(9-21)11(2)20-14(22)19-8-7-12-5-3-4-6-13(12)23-15(16,17)18/h3-6,10-11,21H,7-9H2,1-2H3,(H2,19,20,22). The second kappa shape index (κ2) is 8.61. The van der Waals surface area contributed by atoms with E-state index in [0.717, 1.165) is 0 Å². The zero-order valence-corrected chi connectivity index (χ0v) is 13.0. The number of benzene rings is 1. The van der Waals surface area contributed by atoms with E-state index in [4.69, 9.17) is 5.11 Å². The van der Waals surface area contributed by atoms with Crippen LogP contribution in [0.15, 0.2) is 24.3 Å². The van der Waals surface area contributed by atoms with Gasteiger partial charge < -0.3 is 20.5 Å². The number of carbonyl (C=O) groups excluding carboxylic acids is 1. The molecule has 2 atom stereocenters. The molecule has 0 aliphatic rings. The van der Waals surface area contributed by atoms with Crippen molar-refractivity contribution in [1.82, 2.24) is 10.6 Å². The fourth-order valence-electron chi connectivity index (χ4n) is 1.80. The predicted molar refractivity (Wildman–Crippen MR) is 79.1 cm³/mol. The van der Waals surface area contributed by atoms with Gasteiger partial charge in [-0.1, -0.05) is 25.1 Å². The van der Waals surface area contributed by atoms with Crippen molar-refractivity contribution in [3.8, 4) is 5.75 Å². The SMILES string of the molecule is CC(CO)C(C)NC(=O)NCCc1ccccc1OC(F)(F)F. The van der Waals surface area contributed by atoms with Gasteiger partial charge in [-0.15, -0.1) is 13.2 Å². The lowest BCUT2D eigenvalue weighted by Crippen LogP contribution is -2.44. The fourth-order valence-corrected chi connectivity index (χ4v) is 1.80. The van der Waals surface area contributed by atoms with Gasteiger partial charge >= 0.3 is 12.4 Å². The van der Waals surface area contributed by atoms with Crippen LogP contribution < -0.4 is 15.4 Å². The van der Waals surface area contributed by atoms with E-state index >= 15 is 0 Å². The molecule has 3 N–H and O–H groups in total. The minimum atomic E-state index is -4.75. The molecule has 0 fully saturated rings. The number of aliphatic hydroxyl groups is 1. The summed E-state index contributed by atoms with van der Waals surface area (Å²) >= 11 is 0. The van der Waals surface area contributed by atoms with Gasteiger partial charge in [0.15, 0.2) is 0 Å². The monoisotopic (exact) mass is 334 g/mol. The Bertz CT molecular complexity index is 509. The number of aliphatic hydroxyl groups excluding tert-OH is 1. The van der Waals surface area contributed by atoms with E-state index in [1.54, 1.807) is 19.9 Å². The molecular formula is C15H21F3N2O3. The second-order valence-corrected chi connectivity index (χ2v) is 5.25. The number of urea groups is 1. The maximum atomic E-state index is 12.3. The molecule has 5 nitrogen and oxygen atoms in total. The quantitative estimate of drug-likeness (QED) is 0.717. The Labute approximate surface area is 132 Å². The number of carbonyl (C=O) groups is 1. The highest BCUT2D eigenvalue weighted by atomic mass is 19.4. The lowest BCUT2D eigenvalue weighted by atomic mass is 10.1. The normalized spacial score (nSPS) is 14.0. The smallest absolute Gasteiger partial charge is 0.406 e. The minimum Gasteiger partial charge on any atom is -0.406 e. The Morgan fingerprint density at radius 2 is 1.96 bits per heavy atom. The Balaban J connectivity index is 2.48. The molecule has 0 saturated heterocycles. The summed E-state index contributed by atoms with van der Waals surface area (Å²) in [6.07, 6.45) is -4.56. The Morgan fingerprint density at radius 1 is 1.30 bits per heavy atom. The van der Waals surface area contributed by atoms with Gasteiger partial charge in [-0.25, -0.2) is 4.79 Å². The third-order valence-corrected chi connectivity index (χ3v) is 3.38. The maximum absolute atomic E-state index is 12.3. The van der Waals surface area contributed by atoms with Gasteiger partial charge in [-0.05, 0) is 30.9 Å². The first-order valence-electron chi connectivity index (χ1n) is 7.21. The van der Waals surface area contributed by atoms with Gasteiger partial charge in [0.05, 0.1) is 0 Å². The first-order valence-corrected chi connectivity index (χ1v) is 7.21. The third-order valence-electron chi connectivity index (χ3n) is 3.38. The van der Waals surface area contributed by atoms with Crippen molar-refractivity contribution in [2.45, 2.75) is 32.7 Å². The number of halogens is 3. The van der Waals surface area contributed by atoms with Crippen LogP contribution in [0.3, 0.4) is 0 Å². The fraction of sp³-hybridized carbons (Fsp3) is 0.533. The van der Waals surface area contributed by atoms with Gasteiger partial charge in [0.2, 0.25) is 0 Å². The summed E-state index contributed by atoms with van der Waals surface area (Å²) in [5, 5.41) is 14.2. The zero-order valence-electron chi connectivity index (χ0n) is 13.0. The first kappa shape index (κ1) is 19.1. The molecule has 0 bridgehead atoms. The summed E-state index contributed by atoms with van der Waals surface area (Å²) in [4.78, 5) is 11.7. The number of ether oxygens (including phenoxy) is 1. The number of hydrogen-bond donors (Lipinski definition) is 3. The molecule has 0 aliphatic heterocycles. The van der Waals surface area contributed by atoms with Gasteiger partial charge in [0.25, 0.3) is 0 Å². The van der Waals surface area contributed by atoms with Crippen molar-refractivity contribution in [2.75, 3.05) is 13.2 Å². The average Bonchev–Trinajstić information content (AvgIpc) is 2.46. The summed E-state index contributed by atoms with van der Waals surface area (Å²) in [5.41, 5.74) is 0.349. The zero-order chi connectivity index (χ0) is 17.5. The summed E-state index contributed by atoms with van der Waals surface area (Å²) in [6.45, 7) is 3.65. The number of alkyl halides is 3. The van der Waals surface area contributed by atoms with Crippen molar-refractivity contribution in [3.63, 3.8) is 0 Å². The van der Waals surface area contributed by atoms with E-state index < -0.39 is 12.4 Å². The van der Waals surface area contributed by atoms with Gasteiger partial charge in [-0.2, -0.15) is 0 Å². The van der Waals surface area contributed by atoms with Crippen molar-refractivity contribution >= 4 is 6.03 Å². The molecule has 0 radical (unpaired) electrons. The van der Waals surface area contributed by atoms with Crippen molar-refractivity contribution < 1.29 is 27.8 Å². The van der Waals surface area contributed by atoms with E-state index in [1.807, 2.05) is 0 Å². The van der Waals surface area contributed by atoms with Crippen LogP contribution in [0.25, 0.3) is 0 Å². The minimum absolute atomic E-state index is 0.0520. The molecule has 1 aromatic carbocycles. The number of hydrogen-bond acceptors (Lipinski definition) is 3. The third kappa shape index (κ3) is 7.23. The van der Waals surface area contributed by atoms with Crippen LogP contribution in [0.2, 0.25) is 0 Å². The largest absolute Gasteiger partial charge is 0.573 e. The van der Waals surface area contributed by atoms with Gasteiger partial charge in [-0.3, -0.25) is 0 Å². The highest BCUT2D eigenvalue weighted by Crippen LogP contribution is 2.26. The van der Waals surface area contributed by atoms with Crippen LogP contribution in [-0.4, -0.2) is 36.7 Å². The summed E-state index contributed by atoms with van der Waals surface area (Å²) in [6, 6.07) is 5.13. The lowest BCUT2D eigenvalue weighted by molar-refractivity contribution is -0.274. The molecule has 23 heavy (non-hydrogen) atoms. The summed E-state index contributed by atoms with van der Waals surface area (Å²) in [5.74, 6) is -0.369. The van der Waals surface area contributed by atoms with E-state index in [0.29, 0.717) is 5.56 Å². The second-order valence-electron chi connectivity index (χ2n) is 5.25. The average molecular weight is 334 g/mol. The molecule has 2 unspecified atom stereocenters. The van der Waals surface area contributed by atoms with E-state index in [9.17, 15) is 18.0 Å². The molecule has 0 saturated carbocycles. The molecule has 2 amide bonds. The van der Waals surface area contributed by atoms with Crippen LogP contribution in [0.4, 0.5) is 18.0 Å². The van der Waals surface area contributed by atoms with Gasteiger partial charge in [0, 0.05) is 19.2 Å². The highest BCUT2D eigenvalue weighted by molar-refractivity contribution is 5.74. The Morgan fingerprint density at radius 3 is 2.57 bits per heavy atom. The molecule has 0 aromatic heterocycles. The van der Waals surface area contributed by atoms with E-state index in [-0.39, 0.29) is 37.3 Å². The number of para-hydroxylation sites is 1. The molecule has 130 valence electrons. The highest BCUT2D eigenvalue weighted by Gasteiger charge is 2.31. The van der Waals surface area contributed by atoms with E-state index in [1.165, 1.54) is 18.2 Å². The topological polar surface area (TPSA) is 70.6 Å². The molecule has 1 aromatic rings. The molecule has 0 aliphatic carbocycles. The molecule has 8 heteroatoms. The van der Waals surface area contributed by atoms with Crippen molar-refractivity contribution in [1.29, 1.82) is 0 Å². The molecule has 0 spiro atoms. The van der Waals surface area contributed by atoms with Crippen molar-refractivity contribution in [3.05, 3.63) is 29.8 Å². The van der Waals surface area contributed by atoms with Crippen LogP contribution in [0, 0.1) is 5.92 Å². The van der Waals surface area contributed by atoms with Crippen LogP contribution in [0.1, 0.15) is 19.4 Å². The number of amides is 2. The molecule has 1 rings (SSSR count). The van der Waals surface area contributed by atoms with Crippen LogP contribution >= 0.6 is 0 Å². The number of nitrogens with one attached hydrogen (secondary N) is 2. The van der Waals surface area contributed by atoms with Crippen LogP contribution in [-0.2, 0) is 6.42 Å². The summed E-state index contributed by atoms with van der Waals surface area (Å²) in [7, 11) is 0. The van der Waals surface area contributed by atoms with Crippen LogP contribution in [0.5, 0.6) is 5.75 Å². The summed E-state index contributed by atoms with van der Waals surface area (Å²) < 4.78 is 40.9. The maximum Gasteiger partial charge on any atom is 0.573 e. The van der Waals surface area contributed by atoms with E-state index in [2.05, 4.69) is 15.4 Å². The van der Waals surface area contributed by atoms with Crippen molar-refractivity contribution in [2.24, 2.45) is 5.92 Å². The predicted octanol–water partition coefficient (Wildman–Crippen LogP) is 2.44. The Hall–Kier alpha value is -1.96. The Kier molecular flexibility index (Phi) is 7.15.